The largest absolute Gasteiger partial charge is 0.431 e. The van der Waals surface area contributed by atoms with Gasteiger partial charge in [-0.2, -0.15) is 4.99 Å². The van der Waals surface area contributed by atoms with Crippen LogP contribution < -0.4 is 0 Å². The van der Waals surface area contributed by atoms with Crippen molar-refractivity contribution in [2.45, 2.75) is 6.92 Å². The SMILES string of the molecule is CC=COC(=O)c1cccc(N=C=O)c1. The van der Waals surface area contributed by atoms with Crippen LogP contribution in [-0.4, -0.2) is 12.0 Å². The van der Waals surface area contributed by atoms with Gasteiger partial charge in [0.05, 0.1) is 17.5 Å². The standard InChI is InChI=1S/C11H9NO3/c1-2-6-15-11(14)9-4-3-5-10(7-9)12-8-13/h2-7H,1H3. The molecule has 0 N–H and O–H groups in total. The summed E-state index contributed by atoms with van der Waals surface area (Å²) in [4.78, 5) is 24.8. The molecular weight excluding hydrogens is 194 g/mol. The number of aliphatic imine (C=N–C) groups is 1. The first-order valence-electron chi connectivity index (χ1n) is 4.28. The number of hydrogen-bond acceptors (Lipinski definition) is 4. The van der Waals surface area contributed by atoms with Crippen LogP contribution in [0, 0.1) is 0 Å². The second-order valence-electron chi connectivity index (χ2n) is 2.63. The highest BCUT2D eigenvalue weighted by atomic mass is 16.5. The summed E-state index contributed by atoms with van der Waals surface area (Å²) < 4.78 is 4.75. The van der Waals surface area contributed by atoms with Gasteiger partial charge in [-0.25, -0.2) is 9.59 Å². The minimum absolute atomic E-state index is 0.338. The third-order valence-electron chi connectivity index (χ3n) is 1.57. The minimum Gasteiger partial charge on any atom is -0.431 e. The lowest BCUT2D eigenvalue weighted by Gasteiger charge is -1.99. The Bertz CT molecular complexity index is 431. The van der Waals surface area contributed by atoms with Gasteiger partial charge in [-0.05, 0) is 25.1 Å². The maximum atomic E-state index is 11.3. The average Bonchev–Trinajstić information content (AvgIpc) is 2.27. The van der Waals surface area contributed by atoms with Gasteiger partial charge in [0.2, 0.25) is 6.08 Å². The monoisotopic (exact) mass is 203 g/mol. The molecule has 15 heavy (non-hydrogen) atoms. The van der Waals surface area contributed by atoms with Gasteiger partial charge in [0.15, 0.2) is 0 Å². The van der Waals surface area contributed by atoms with E-state index in [9.17, 15) is 9.59 Å². The van der Waals surface area contributed by atoms with Crippen molar-refractivity contribution in [1.29, 1.82) is 0 Å². The summed E-state index contributed by atoms with van der Waals surface area (Å²) in [7, 11) is 0. The molecule has 4 nitrogen and oxygen atoms in total. The molecule has 0 aliphatic rings. The summed E-state index contributed by atoms with van der Waals surface area (Å²) in [6, 6.07) is 6.24. The first-order chi connectivity index (χ1) is 7.27. The summed E-state index contributed by atoms with van der Waals surface area (Å²) >= 11 is 0. The number of esters is 1. The highest BCUT2D eigenvalue weighted by Gasteiger charge is 2.05. The molecule has 0 saturated carbocycles. The predicted molar refractivity (Wildman–Crippen MR) is 54.5 cm³/mol. The molecule has 0 unspecified atom stereocenters. The molecule has 0 saturated heterocycles. The van der Waals surface area contributed by atoms with Crippen molar-refractivity contribution in [2.75, 3.05) is 0 Å². The zero-order chi connectivity index (χ0) is 11.1. The van der Waals surface area contributed by atoms with Crippen LogP contribution in [0.25, 0.3) is 0 Å². The van der Waals surface area contributed by atoms with Gasteiger partial charge in [-0.1, -0.05) is 12.1 Å². The summed E-state index contributed by atoms with van der Waals surface area (Å²) in [6.45, 7) is 1.74. The quantitative estimate of drug-likeness (QED) is 0.328. The number of carbonyl (C=O) groups excluding carboxylic acids is 2. The molecule has 0 spiro atoms. The number of carbonyl (C=O) groups is 1. The molecule has 4 heteroatoms. The number of allylic oxidation sites excluding steroid dienone is 1. The normalized spacial score (nSPS) is 9.67. The highest BCUT2D eigenvalue weighted by Crippen LogP contribution is 2.14. The maximum absolute atomic E-state index is 11.3. The smallest absolute Gasteiger partial charge is 0.343 e. The Balaban J connectivity index is 2.89. The van der Waals surface area contributed by atoms with Gasteiger partial charge >= 0.3 is 5.97 Å². The van der Waals surface area contributed by atoms with Crippen molar-refractivity contribution in [2.24, 2.45) is 4.99 Å². The Morgan fingerprint density at radius 2 is 2.33 bits per heavy atom. The Labute approximate surface area is 86.9 Å². The molecule has 0 aliphatic carbocycles. The summed E-state index contributed by atoms with van der Waals surface area (Å²) in [5.41, 5.74) is 0.713. The summed E-state index contributed by atoms with van der Waals surface area (Å²) in [6.07, 6.45) is 4.29. The summed E-state index contributed by atoms with van der Waals surface area (Å²) in [5.74, 6) is -0.490. The molecule has 1 aromatic carbocycles. The van der Waals surface area contributed by atoms with Crippen LogP contribution in [0.3, 0.4) is 0 Å². The van der Waals surface area contributed by atoms with Crippen molar-refractivity contribution in [3.05, 3.63) is 42.2 Å². The zero-order valence-corrected chi connectivity index (χ0v) is 8.14. The molecule has 0 bridgehead atoms. The molecule has 0 aromatic heterocycles. The number of rotatable bonds is 3. The second kappa shape index (κ2) is 5.52. The molecule has 76 valence electrons. The fourth-order valence-electron chi connectivity index (χ4n) is 0.953. The van der Waals surface area contributed by atoms with Gasteiger partial charge in [-0.3, -0.25) is 0 Å². The van der Waals surface area contributed by atoms with E-state index in [1.54, 1.807) is 31.2 Å². The van der Waals surface area contributed by atoms with E-state index in [0.29, 0.717) is 11.3 Å². The maximum Gasteiger partial charge on any atom is 0.343 e. The van der Waals surface area contributed by atoms with Crippen LogP contribution >= 0.6 is 0 Å². The third-order valence-corrected chi connectivity index (χ3v) is 1.57. The lowest BCUT2D eigenvalue weighted by molar-refractivity contribution is 0.0662. The van der Waals surface area contributed by atoms with Gasteiger partial charge < -0.3 is 4.74 Å². The van der Waals surface area contributed by atoms with E-state index in [2.05, 4.69) is 4.99 Å². The molecule has 0 atom stereocenters. The van der Waals surface area contributed by atoms with Crippen molar-refractivity contribution in [3.8, 4) is 0 Å². The second-order valence-corrected chi connectivity index (χ2v) is 2.63. The van der Waals surface area contributed by atoms with E-state index in [1.807, 2.05) is 0 Å². The molecule has 1 aromatic rings. The van der Waals surface area contributed by atoms with Crippen molar-refractivity contribution >= 4 is 17.7 Å². The van der Waals surface area contributed by atoms with Crippen LogP contribution in [0.2, 0.25) is 0 Å². The Morgan fingerprint density at radius 1 is 1.53 bits per heavy atom. The van der Waals surface area contributed by atoms with E-state index in [4.69, 9.17) is 4.74 Å². The third kappa shape index (κ3) is 3.21. The van der Waals surface area contributed by atoms with Crippen LogP contribution in [0.4, 0.5) is 5.69 Å². The fraction of sp³-hybridized carbons (Fsp3) is 0.0909. The van der Waals surface area contributed by atoms with E-state index in [1.165, 1.54) is 18.4 Å². The molecule has 0 amide bonds. The first-order valence-corrected chi connectivity index (χ1v) is 4.28. The van der Waals surface area contributed by atoms with Crippen molar-refractivity contribution in [1.82, 2.24) is 0 Å². The number of hydrogen-bond donors (Lipinski definition) is 0. The number of nitrogens with zero attached hydrogens (tertiary/aromatic N) is 1. The fourth-order valence-corrected chi connectivity index (χ4v) is 0.953. The zero-order valence-electron chi connectivity index (χ0n) is 8.14. The van der Waals surface area contributed by atoms with E-state index in [0.717, 1.165) is 0 Å². The van der Waals surface area contributed by atoms with Crippen LogP contribution in [0.15, 0.2) is 41.6 Å². The molecule has 0 heterocycles. The molecule has 0 radical (unpaired) electrons. The first kappa shape index (κ1) is 10.9. The van der Waals surface area contributed by atoms with E-state index in [-0.39, 0.29) is 0 Å². The van der Waals surface area contributed by atoms with Gasteiger partial charge in [0.25, 0.3) is 0 Å². The summed E-state index contributed by atoms with van der Waals surface area (Å²) in [5, 5.41) is 0. The van der Waals surface area contributed by atoms with Crippen molar-refractivity contribution in [3.63, 3.8) is 0 Å². The molecule has 0 fully saturated rings. The number of ether oxygens (including phenoxy) is 1. The van der Waals surface area contributed by atoms with Gasteiger partial charge in [0, 0.05) is 0 Å². The lowest BCUT2D eigenvalue weighted by atomic mass is 10.2. The van der Waals surface area contributed by atoms with Gasteiger partial charge in [0.1, 0.15) is 0 Å². The highest BCUT2D eigenvalue weighted by molar-refractivity contribution is 5.90. The average molecular weight is 203 g/mol. The lowest BCUT2D eigenvalue weighted by Crippen LogP contribution is -1.99. The van der Waals surface area contributed by atoms with Crippen LogP contribution in [0.5, 0.6) is 0 Å². The molecule has 1 rings (SSSR count). The Kier molecular flexibility index (Phi) is 4.01. The van der Waals surface area contributed by atoms with E-state index < -0.39 is 5.97 Å². The Hall–Kier alpha value is -2.19. The van der Waals surface area contributed by atoms with Crippen molar-refractivity contribution < 1.29 is 14.3 Å². The minimum atomic E-state index is -0.490. The number of benzene rings is 1. The number of isocyanates is 1. The molecular formula is C11H9NO3. The van der Waals surface area contributed by atoms with Gasteiger partial charge in [-0.15, -0.1) is 0 Å². The van der Waals surface area contributed by atoms with Crippen LogP contribution in [0.1, 0.15) is 17.3 Å². The Morgan fingerprint density at radius 3 is 3.00 bits per heavy atom. The molecule has 0 aliphatic heterocycles. The topological polar surface area (TPSA) is 55.7 Å². The predicted octanol–water partition coefficient (Wildman–Crippen LogP) is 2.34. The van der Waals surface area contributed by atoms with E-state index >= 15 is 0 Å². The van der Waals surface area contributed by atoms with Crippen LogP contribution in [-0.2, 0) is 9.53 Å².